The number of hydrogen-bond acceptors (Lipinski definition) is 4. The van der Waals surface area contributed by atoms with E-state index in [1.807, 2.05) is 26.2 Å². The fraction of sp³-hybridized carbons (Fsp3) is 0.458. The Labute approximate surface area is 179 Å². The highest BCUT2D eigenvalue weighted by molar-refractivity contribution is 5.82. The molecule has 1 N–H and O–H groups in total. The van der Waals surface area contributed by atoms with Crippen LogP contribution in [-0.4, -0.2) is 47.2 Å². The van der Waals surface area contributed by atoms with Gasteiger partial charge in [0.15, 0.2) is 0 Å². The molecule has 30 heavy (non-hydrogen) atoms. The molecule has 0 unspecified atom stereocenters. The smallest absolute Gasteiger partial charge is 0.228 e. The third kappa shape index (κ3) is 4.87. The van der Waals surface area contributed by atoms with Crippen molar-refractivity contribution >= 4 is 18.7 Å². The highest BCUT2D eigenvalue weighted by atomic mass is 16.2. The molecule has 2 aromatic rings. The van der Waals surface area contributed by atoms with Crippen molar-refractivity contribution in [2.24, 2.45) is 18.0 Å². The van der Waals surface area contributed by atoms with Crippen LogP contribution < -0.4 is 5.32 Å². The van der Waals surface area contributed by atoms with Gasteiger partial charge in [-0.1, -0.05) is 12.1 Å². The highest BCUT2D eigenvalue weighted by Crippen LogP contribution is 2.27. The summed E-state index contributed by atoms with van der Waals surface area (Å²) in [5.41, 5.74) is 4.24. The molecular formula is C24H33N5O. The predicted octanol–water partition coefficient (Wildman–Crippen LogP) is 3.94. The molecule has 0 saturated heterocycles. The number of rotatable bonds is 6. The first-order valence-electron chi connectivity index (χ1n) is 10.5. The maximum Gasteiger partial charge on any atom is 0.228 e. The molecule has 0 bridgehead atoms. The van der Waals surface area contributed by atoms with Crippen molar-refractivity contribution in [3.63, 3.8) is 0 Å². The standard InChI is InChI=1S/C24H33N5O/c1-16-7-8-19(22-15-26-17(2)29(22)6)13-20(16)14-23(25-3)27-24(30)18-9-11-21(12-10-18)28(4)5/h7-8,13-15,18,21H,3,9-12H2,1-2,4-6H3,(H,27,30)/b23-14+/t18-,21-. The number of aryl methyl sites for hydroxylation is 2. The number of imidazole rings is 1. The lowest BCUT2D eigenvalue weighted by Crippen LogP contribution is -2.37. The molecule has 1 heterocycles. The van der Waals surface area contributed by atoms with Crippen molar-refractivity contribution in [2.45, 2.75) is 45.6 Å². The molecule has 1 amide bonds. The minimum Gasteiger partial charge on any atom is -0.331 e. The predicted molar refractivity (Wildman–Crippen MR) is 123 cm³/mol. The largest absolute Gasteiger partial charge is 0.331 e. The van der Waals surface area contributed by atoms with E-state index in [1.165, 1.54) is 0 Å². The van der Waals surface area contributed by atoms with Gasteiger partial charge >= 0.3 is 0 Å². The second-order valence-corrected chi connectivity index (χ2v) is 8.47. The maximum absolute atomic E-state index is 12.8. The van der Waals surface area contributed by atoms with Crippen molar-refractivity contribution in [1.82, 2.24) is 19.8 Å². The molecule has 1 aromatic heterocycles. The zero-order valence-electron chi connectivity index (χ0n) is 18.8. The SMILES string of the molecule is C=N/C(=C\c1cc(-c2cnc(C)n2C)ccc1C)NC(=O)[C@H]1CC[C@H](N(C)C)CC1. The van der Waals surface area contributed by atoms with Crippen LogP contribution in [0.2, 0.25) is 0 Å². The van der Waals surface area contributed by atoms with Gasteiger partial charge in [-0.25, -0.2) is 9.98 Å². The van der Waals surface area contributed by atoms with E-state index in [1.54, 1.807) is 0 Å². The topological polar surface area (TPSA) is 62.5 Å². The van der Waals surface area contributed by atoms with E-state index in [9.17, 15) is 4.79 Å². The van der Waals surface area contributed by atoms with Crippen LogP contribution in [-0.2, 0) is 11.8 Å². The second-order valence-electron chi connectivity index (χ2n) is 8.47. The Morgan fingerprint density at radius 3 is 2.53 bits per heavy atom. The first-order chi connectivity index (χ1) is 14.3. The number of aliphatic imine (C=N–C) groups is 1. The lowest BCUT2D eigenvalue weighted by Gasteiger charge is -2.31. The Morgan fingerprint density at radius 2 is 1.97 bits per heavy atom. The van der Waals surface area contributed by atoms with E-state index in [0.717, 1.165) is 53.9 Å². The number of nitrogens with zero attached hydrogens (tertiary/aromatic N) is 4. The Bertz CT molecular complexity index is 949. The van der Waals surface area contributed by atoms with Gasteiger partial charge in [-0.2, -0.15) is 0 Å². The summed E-state index contributed by atoms with van der Waals surface area (Å²) in [6.07, 6.45) is 7.71. The summed E-state index contributed by atoms with van der Waals surface area (Å²) in [4.78, 5) is 23.5. The summed E-state index contributed by atoms with van der Waals surface area (Å²) >= 11 is 0. The summed E-state index contributed by atoms with van der Waals surface area (Å²) in [6.45, 7) is 7.70. The quantitative estimate of drug-likeness (QED) is 0.738. The molecule has 1 aromatic carbocycles. The van der Waals surface area contributed by atoms with Gasteiger partial charge in [0.05, 0.1) is 11.9 Å². The number of aromatic nitrogens is 2. The van der Waals surface area contributed by atoms with E-state index in [-0.39, 0.29) is 11.8 Å². The summed E-state index contributed by atoms with van der Waals surface area (Å²) in [5, 5.41) is 2.99. The van der Waals surface area contributed by atoms with Crippen LogP contribution in [0.4, 0.5) is 0 Å². The van der Waals surface area contributed by atoms with Crippen molar-refractivity contribution in [3.8, 4) is 11.3 Å². The molecule has 160 valence electrons. The van der Waals surface area contributed by atoms with Crippen LogP contribution in [0.3, 0.4) is 0 Å². The van der Waals surface area contributed by atoms with Crippen LogP contribution in [0.5, 0.6) is 0 Å². The van der Waals surface area contributed by atoms with E-state index in [0.29, 0.717) is 11.9 Å². The minimum absolute atomic E-state index is 0.0381. The number of carbonyl (C=O) groups is 1. The Kier molecular flexibility index (Phi) is 6.87. The van der Waals surface area contributed by atoms with Crippen LogP contribution in [0.15, 0.2) is 35.2 Å². The zero-order chi connectivity index (χ0) is 21.8. The van der Waals surface area contributed by atoms with E-state index in [2.05, 4.69) is 70.7 Å². The van der Waals surface area contributed by atoms with Gasteiger partial charge in [0.1, 0.15) is 11.6 Å². The van der Waals surface area contributed by atoms with Gasteiger partial charge in [-0.15, -0.1) is 0 Å². The Balaban J connectivity index is 1.76. The Hall–Kier alpha value is -2.73. The molecule has 6 nitrogen and oxygen atoms in total. The second kappa shape index (κ2) is 9.39. The van der Waals surface area contributed by atoms with E-state index >= 15 is 0 Å². The lowest BCUT2D eigenvalue weighted by molar-refractivity contribution is -0.125. The average Bonchev–Trinajstić information content (AvgIpc) is 3.07. The number of carbonyl (C=O) groups excluding carboxylic acids is 1. The summed E-state index contributed by atoms with van der Waals surface area (Å²) < 4.78 is 2.07. The van der Waals surface area contributed by atoms with Crippen LogP contribution in [0.25, 0.3) is 17.3 Å². The molecule has 0 spiro atoms. The lowest BCUT2D eigenvalue weighted by atomic mass is 9.85. The van der Waals surface area contributed by atoms with Gasteiger partial charge < -0.3 is 14.8 Å². The summed E-state index contributed by atoms with van der Waals surface area (Å²) in [6, 6.07) is 6.84. The molecule has 1 saturated carbocycles. The number of amides is 1. The summed E-state index contributed by atoms with van der Waals surface area (Å²) in [7, 11) is 6.22. The molecule has 6 heteroatoms. The van der Waals surface area contributed by atoms with Crippen molar-refractivity contribution < 1.29 is 4.79 Å². The first kappa shape index (κ1) is 22.0. The van der Waals surface area contributed by atoms with Gasteiger partial charge in [0.25, 0.3) is 0 Å². The van der Waals surface area contributed by atoms with Gasteiger partial charge in [0.2, 0.25) is 5.91 Å². The molecule has 1 fully saturated rings. The molecular weight excluding hydrogens is 374 g/mol. The van der Waals surface area contributed by atoms with Crippen molar-refractivity contribution in [2.75, 3.05) is 14.1 Å². The van der Waals surface area contributed by atoms with Crippen molar-refractivity contribution in [1.29, 1.82) is 0 Å². The Morgan fingerprint density at radius 1 is 1.27 bits per heavy atom. The van der Waals surface area contributed by atoms with E-state index in [4.69, 9.17) is 0 Å². The number of hydrogen-bond donors (Lipinski definition) is 1. The molecule has 0 atom stereocenters. The summed E-state index contributed by atoms with van der Waals surface area (Å²) in [5.74, 6) is 1.54. The monoisotopic (exact) mass is 407 g/mol. The zero-order valence-corrected chi connectivity index (χ0v) is 18.8. The number of nitrogens with one attached hydrogen (secondary N) is 1. The fourth-order valence-electron chi connectivity index (χ4n) is 4.08. The van der Waals surface area contributed by atoms with Crippen LogP contribution >= 0.6 is 0 Å². The van der Waals surface area contributed by atoms with Gasteiger partial charge in [-0.3, -0.25) is 4.79 Å². The normalized spacial score (nSPS) is 19.7. The van der Waals surface area contributed by atoms with Crippen LogP contribution in [0, 0.1) is 19.8 Å². The third-order valence-electron chi connectivity index (χ3n) is 6.31. The van der Waals surface area contributed by atoms with Crippen molar-refractivity contribution in [3.05, 3.63) is 47.2 Å². The number of benzene rings is 1. The molecule has 1 aliphatic rings. The molecule has 1 aliphatic carbocycles. The van der Waals surface area contributed by atoms with E-state index < -0.39 is 0 Å². The molecule has 0 radical (unpaired) electrons. The average molecular weight is 408 g/mol. The van der Waals surface area contributed by atoms with Gasteiger partial charge in [-0.05, 0) is 83.6 Å². The van der Waals surface area contributed by atoms with Crippen LogP contribution in [0.1, 0.15) is 42.6 Å². The fourth-order valence-corrected chi connectivity index (χ4v) is 4.08. The maximum atomic E-state index is 12.8. The first-order valence-corrected chi connectivity index (χ1v) is 10.5. The highest BCUT2D eigenvalue weighted by Gasteiger charge is 2.27. The molecule has 0 aliphatic heterocycles. The molecule has 3 rings (SSSR count). The van der Waals surface area contributed by atoms with Gasteiger partial charge in [0, 0.05) is 24.6 Å². The third-order valence-corrected chi connectivity index (χ3v) is 6.31. The minimum atomic E-state index is 0.0381.